The van der Waals surface area contributed by atoms with Crippen LogP contribution in [0.4, 0.5) is 10.5 Å². The summed E-state index contributed by atoms with van der Waals surface area (Å²) in [6, 6.07) is 3.91. The van der Waals surface area contributed by atoms with Gasteiger partial charge in [-0.3, -0.25) is 4.90 Å². The minimum Gasteiger partial charge on any atom is -0.379 e. The normalized spacial score (nSPS) is 24.3. The summed E-state index contributed by atoms with van der Waals surface area (Å²) in [5.41, 5.74) is 3.07. The van der Waals surface area contributed by atoms with Crippen LogP contribution < -0.4 is 10.6 Å². The highest BCUT2D eigenvalue weighted by Gasteiger charge is 2.40. The van der Waals surface area contributed by atoms with Gasteiger partial charge in [-0.25, -0.2) is 4.79 Å². The van der Waals surface area contributed by atoms with E-state index in [-0.39, 0.29) is 11.6 Å². The molecule has 0 radical (unpaired) electrons. The van der Waals surface area contributed by atoms with Gasteiger partial charge in [-0.05, 0) is 49.3 Å². The molecule has 0 spiro atoms. The maximum Gasteiger partial charge on any atom is 0.319 e. The van der Waals surface area contributed by atoms with E-state index in [2.05, 4.69) is 31.5 Å². The number of hydrogen-bond acceptors (Lipinski definition) is 4. The summed E-state index contributed by atoms with van der Waals surface area (Å²) in [6.07, 6.45) is 1.12. The van der Waals surface area contributed by atoms with Gasteiger partial charge in [0.2, 0.25) is 0 Å². The first-order chi connectivity index (χ1) is 12.0. The van der Waals surface area contributed by atoms with Gasteiger partial charge in [0.25, 0.3) is 0 Å². The minimum atomic E-state index is -0.127. The van der Waals surface area contributed by atoms with Gasteiger partial charge in [-0.15, -0.1) is 0 Å². The molecule has 0 bridgehead atoms. The second kappa shape index (κ2) is 8.29. The summed E-state index contributed by atoms with van der Waals surface area (Å²) in [6.45, 7) is 8.18. The number of ether oxygens (including phenoxy) is 1. The quantitative estimate of drug-likeness (QED) is 0.772. The van der Waals surface area contributed by atoms with Crippen molar-refractivity contribution in [1.29, 1.82) is 0 Å². The van der Waals surface area contributed by atoms with Gasteiger partial charge in [-0.2, -0.15) is 11.8 Å². The molecule has 2 heterocycles. The SMILES string of the molecule is Cc1cc(Br)cc(C)c1NC(=O)NCC1(N2CCOCC2)CCSC1. The van der Waals surface area contributed by atoms with Gasteiger partial charge in [0, 0.05) is 41.1 Å². The number of carbonyl (C=O) groups is 1. The van der Waals surface area contributed by atoms with Crippen LogP contribution in [0.25, 0.3) is 0 Å². The number of rotatable bonds is 4. The molecule has 1 atom stereocenters. The van der Waals surface area contributed by atoms with Crippen LogP contribution in [0.5, 0.6) is 0 Å². The van der Waals surface area contributed by atoms with E-state index in [1.54, 1.807) is 0 Å². The zero-order valence-electron chi connectivity index (χ0n) is 14.9. The molecule has 2 amide bonds. The number of hydrogen-bond donors (Lipinski definition) is 2. The fraction of sp³-hybridized carbons (Fsp3) is 0.611. The molecule has 5 nitrogen and oxygen atoms in total. The zero-order chi connectivity index (χ0) is 17.9. The summed E-state index contributed by atoms with van der Waals surface area (Å²) in [5, 5.41) is 6.15. The van der Waals surface area contributed by atoms with Gasteiger partial charge in [0.05, 0.1) is 13.2 Å². The Kier molecular flexibility index (Phi) is 6.30. The van der Waals surface area contributed by atoms with Crippen molar-refractivity contribution < 1.29 is 9.53 Å². The average molecular weight is 428 g/mol. The molecule has 1 aromatic carbocycles. The van der Waals surface area contributed by atoms with Crippen LogP contribution >= 0.6 is 27.7 Å². The summed E-state index contributed by atoms with van der Waals surface area (Å²) >= 11 is 5.47. The smallest absolute Gasteiger partial charge is 0.319 e. The number of nitrogens with one attached hydrogen (secondary N) is 2. The van der Waals surface area contributed by atoms with Gasteiger partial charge in [0.15, 0.2) is 0 Å². The van der Waals surface area contributed by atoms with Crippen LogP contribution in [0.3, 0.4) is 0 Å². The molecular formula is C18H26BrN3O2S. The largest absolute Gasteiger partial charge is 0.379 e. The molecular weight excluding hydrogens is 402 g/mol. The van der Waals surface area contributed by atoms with E-state index in [0.29, 0.717) is 6.54 Å². The van der Waals surface area contributed by atoms with Gasteiger partial charge in [-0.1, -0.05) is 15.9 Å². The predicted octanol–water partition coefficient (Wildman–Crippen LogP) is 3.40. The monoisotopic (exact) mass is 427 g/mol. The number of morpholine rings is 1. The maximum atomic E-state index is 12.5. The highest BCUT2D eigenvalue weighted by molar-refractivity contribution is 9.10. The first-order valence-electron chi connectivity index (χ1n) is 8.72. The van der Waals surface area contributed by atoms with Crippen molar-refractivity contribution in [3.63, 3.8) is 0 Å². The molecule has 0 aromatic heterocycles. The van der Waals surface area contributed by atoms with Gasteiger partial charge >= 0.3 is 6.03 Å². The lowest BCUT2D eigenvalue weighted by molar-refractivity contribution is -0.0123. The molecule has 2 saturated heterocycles. The highest BCUT2D eigenvalue weighted by Crippen LogP contribution is 2.33. The van der Waals surface area contributed by atoms with Crippen LogP contribution in [0.2, 0.25) is 0 Å². The van der Waals surface area contributed by atoms with E-state index in [9.17, 15) is 4.79 Å². The summed E-state index contributed by atoms with van der Waals surface area (Å²) < 4.78 is 6.52. The lowest BCUT2D eigenvalue weighted by Crippen LogP contribution is -2.59. The molecule has 2 N–H and O–H groups in total. The predicted molar refractivity (Wildman–Crippen MR) is 108 cm³/mol. The third-order valence-corrected chi connectivity index (χ3v) is 6.77. The van der Waals surface area contributed by atoms with E-state index < -0.39 is 0 Å². The summed E-state index contributed by atoms with van der Waals surface area (Å²) in [7, 11) is 0. The van der Waals surface area contributed by atoms with E-state index in [1.165, 1.54) is 0 Å². The maximum absolute atomic E-state index is 12.5. The average Bonchev–Trinajstić information content (AvgIpc) is 3.07. The lowest BCUT2D eigenvalue weighted by Gasteiger charge is -2.43. The first kappa shape index (κ1) is 19.0. The lowest BCUT2D eigenvalue weighted by atomic mass is 9.95. The van der Waals surface area contributed by atoms with Crippen LogP contribution in [0.1, 0.15) is 17.5 Å². The number of benzene rings is 1. The van der Waals surface area contributed by atoms with E-state index >= 15 is 0 Å². The van der Waals surface area contributed by atoms with Crippen LogP contribution in [0.15, 0.2) is 16.6 Å². The van der Waals surface area contributed by atoms with E-state index in [1.807, 2.05) is 37.7 Å². The molecule has 138 valence electrons. The fourth-order valence-corrected chi connectivity index (χ4v) is 5.81. The van der Waals surface area contributed by atoms with E-state index in [0.717, 1.165) is 65.5 Å². The fourth-order valence-electron chi connectivity index (χ4n) is 3.65. The Hall–Kier alpha value is -0.760. The van der Waals surface area contributed by atoms with Crippen molar-refractivity contribution >= 4 is 39.4 Å². The Labute approximate surface area is 162 Å². The molecule has 3 rings (SSSR count). The minimum absolute atomic E-state index is 0.0651. The number of carbonyl (C=O) groups excluding carboxylic acids is 1. The topological polar surface area (TPSA) is 53.6 Å². The molecule has 2 fully saturated rings. The zero-order valence-corrected chi connectivity index (χ0v) is 17.3. The summed E-state index contributed by atoms with van der Waals surface area (Å²) in [4.78, 5) is 15.0. The van der Waals surface area contributed by atoms with Crippen molar-refractivity contribution in [3.05, 3.63) is 27.7 Å². The van der Waals surface area contributed by atoms with Gasteiger partial charge in [0.1, 0.15) is 0 Å². The Morgan fingerprint density at radius 3 is 2.60 bits per heavy atom. The molecule has 0 saturated carbocycles. The third-order valence-electron chi connectivity index (χ3n) is 5.08. The third kappa shape index (κ3) is 4.51. The number of thioether (sulfide) groups is 1. The standard InChI is InChI=1S/C18H26BrN3O2S/c1-13-9-15(19)10-14(2)16(13)21-17(23)20-11-18(3-8-25-12-18)22-4-6-24-7-5-22/h9-10H,3-8,11-12H2,1-2H3,(H2,20,21,23). The number of nitrogens with zero attached hydrogens (tertiary/aromatic N) is 1. The van der Waals surface area contributed by atoms with Crippen molar-refractivity contribution in [2.75, 3.05) is 49.7 Å². The van der Waals surface area contributed by atoms with Crippen molar-refractivity contribution in [2.45, 2.75) is 25.8 Å². The number of aryl methyl sites for hydroxylation is 2. The van der Waals surface area contributed by atoms with Crippen molar-refractivity contribution in [3.8, 4) is 0 Å². The second-order valence-electron chi connectivity index (χ2n) is 6.85. The van der Waals surface area contributed by atoms with E-state index in [4.69, 9.17) is 4.74 Å². The van der Waals surface area contributed by atoms with Crippen molar-refractivity contribution in [1.82, 2.24) is 10.2 Å². The molecule has 1 aromatic rings. The Morgan fingerprint density at radius 1 is 1.32 bits per heavy atom. The summed E-state index contributed by atoms with van der Waals surface area (Å²) in [5.74, 6) is 2.23. The molecule has 2 aliphatic heterocycles. The number of anilines is 1. The Morgan fingerprint density at radius 2 is 2.00 bits per heavy atom. The van der Waals surface area contributed by atoms with Gasteiger partial charge < -0.3 is 15.4 Å². The Balaban J connectivity index is 1.62. The molecule has 25 heavy (non-hydrogen) atoms. The number of amides is 2. The highest BCUT2D eigenvalue weighted by atomic mass is 79.9. The molecule has 7 heteroatoms. The van der Waals surface area contributed by atoms with Crippen LogP contribution in [0, 0.1) is 13.8 Å². The van der Waals surface area contributed by atoms with Crippen LogP contribution in [-0.4, -0.2) is 60.8 Å². The van der Waals surface area contributed by atoms with Crippen molar-refractivity contribution in [2.24, 2.45) is 0 Å². The first-order valence-corrected chi connectivity index (χ1v) is 10.7. The molecule has 1 unspecified atom stereocenters. The number of halogens is 1. The molecule has 2 aliphatic rings. The number of urea groups is 1. The van der Waals surface area contributed by atoms with Crippen LogP contribution in [-0.2, 0) is 4.74 Å². The molecule has 0 aliphatic carbocycles. The Bertz CT molecular complexity index is 606. The second-order valence-corrected chi connectivity index (χ2v) is 8.87.